The standard InChI is InChI=1S/C26H22F5N3O2/c1-16-6-9-23(22(12-16)32-24(35)17-4-2-5-19(13-17)26(29,30)31)34-11-3-10-33(25(34)36)15-18-7-8-20(27)14-21(18)28/h2,4-9,12-14H,3,10-11,15H2,1H3,(H,32,35). The van der Waals surface area contributed by atoms with E-state index in [0.717, 1.165) is 35.9 Å². The number of hydrogen-bond donors (Lipinski definition) is 1. The molecule has 0 bridgehead atoms. The van der Waals surface area contributed by atoms with E-state index in [-0.39, 0.29) is 23.4 Å². The molecule has 0 atom stereocenters. The molecule has 1 aliphatic heterocycles. The summed E-state index contributed by atoms with van der Waals surface area (Å²) in [6.45, 7) is 2.37. The number of benzene rings is 3. The van der Waals surface area contributed by atoms with Gasteiger partial charge in [-0.05, 0) is 55.3 Å². The minimum absolute atomic E-state index is 0.0702. The molecule has 0 spiro atoms. The minimum atomic E-state index is -4.60. The molecular formula is C26H22F5N3O2. The van der Waals surface area contributed by atoms with Crippen LogP contribution in [0.1, 0.15) is 33.5 Å². The lowest BCUT2D eigenvalue weighted by molar-refractivity contribution is -0.137. The highest BCUT2D eigenvalue weighted by atomic mass is 19.4. The third-order valence-electron chi connectivity index (χ3n) is 5.83. The second-order valence-electron chi connectivity index (χ2n) is 8.50. The van der Waals surface area contributed by atoms with Crippen LogP contribution in [0.15, 0.2) is 60.7 Å². The van der Waals surface area contributed by atoms with Crippen LogP contribution in [0.2, 0.25) is 0 Å². The first-order valence-electron chi connectivity index (χ1n) is 11.1. The Labute approximate surface area is 204 Å². The maximum Gasteiger partial charge on any atom is 0.416 e. The van der Waals surface area contributed by atoms with E-state index in [2.05, 4.69) is 5.32 Å². The summed E-state index contributed by atoms with van der Waals surface area (Å²) in [5.41, 5.74) is 0.391. The Hall–Kier alpha value is -3.95. The van der Waals surface area contributed by atoms with Gasteiger partial charge in [-0.25, -0.2) is 13.6 Å². The van der Waals surface area contributed by atoms with Crippen molar-refractivity contribution in [1.29, 1.82) is 0 Å². The Bertz CT molecular complexity index is 1310. The van der Waals surface area contributed by atoms with Crippen LogP contribution in [0.3, 0.4) is 0 Å². The fourth-order valence-electron chi connectivity index (χ4n) is 4.02. The van der Waals surface area contributed by atoms with Crippen LogP contribution in [-0.4, -0.2) is 29.9 Å². The molecule has 188 valence electrons. The van der Waals surface area contributed by atoms with E-state index in [1.165, 1.54) is 21.9 Å². The highest BCUT2D eigenvalue weighted by Gasteiger charge is 2.32. The normalized spacial score (nSPS) is 14.2. The molecule has 1 fully saturated rings. The van der Waals surface area contributed by atoms with Crippen LogP contribution < -0.4 is 10.2 Å². The fraction of sp³-hybridized carbons (Fsp3) is 0.231. The number of amides is 3. The monoisotopic (exact) mass is 503 g/mol. The molecular weight excluding hydrogens is 481 g/mol. The summed E-state index contributed by atoms with van der Waals surface area (Å²) >= 11 is 0. The van der Waals surface area contributed by atoms with Crippen molar-refractivity contribution in [3.05, 3.63) is 94.6 Å². The third-order valence-corrected chi connectivity index (χ3v) is 5.83. The predicted molar refractivity (Wildman–Crippen MR) is 125 cm³/mol. The van der Waals surface area contributed by atoms with Gasteiger partial charge in [-0.2, -0.15) is 13.2 Å². The van der Waals surface area contributed by atoms with Gasteiger partial charge >= 0.3 is 12.2 Å². The molecule has 1 aliphatic rings. The molecule has 3 aromatic rings. The molecule has 0 saturated carbocycles. The van der Waals surface area contributed by atoms with Crippen LogP contribution in [0.25, 0.3) is 0 Å². The Balaban J connectivity index is 1.59. The van der Waals surface area contributed by atoms with E-state index >= 15 is 0 Å². The molecule has 0 aliphatic carbocycles. The van der Waals surface area contributed by atoms with Crippen LogP contribution >= 0.6 is 0 Å². The largest absolute Gasteiger partial charge is 0.416 e. The van der Waals surface area contributed by atoms with Gasteiger partial charge in [0.2, 0.25) is 0 Å². The van der Waals surface area contributed by atoms with Crippen LogP contribution in [0.4, 0.5) is 38.1 Å². The van der Waals surface area contributed by atoms with Gasteiger partial charge in [-0.1, -0.05) is 18.2 Å². The number of urea groups is 1. The molecule has 10 heteroatoms. The maximum atomic E-state index is 14.2. The smallest absolute Gasteiger partial charge is 0.320 e. The van der Waals surface area contributed by atoms with Gasteiger partial charge < -0.3 is 10.2 Å². The quantitative estimate of drug-likeness (QED) is 0.411. The number of aryl methyl sites for hydroxylation is 1. The maximum absolute atomic E-state index is 14.2. The lowest BCUT2D eigenvalue weighted by Crippen LogP contribution is -2.49. The molecule has 3 amide bonds. The number of halogens is 5. The highest BCUT2D eigenvalue weighted by Crippen LogP contribution is 2.32. The zero-order chi connectivity index (χ0) is 26.0. The SMILES string of the molecule is Cc1ccc(N2CCCN(Cc3ccc(F)cc3F)C2=O)c(NC(=O)c2cccc(C(F)(F)F)c2)c1. The van der Waals surface area contributed by atoms with E-state index in [4.69, 9.17) is 0 Å². The summed E-state index contributed by atoms with van der Waals surface area (Å²) in [5.74, 6) is -2.24. The first-order valence-corrected chi connectivity index (χ1v) is 11.1. The van der Waals surface area contributed by atoms with Crippen molar-refractivity contribution in [2.45, 2.75) is 26.1 Å². The lowest BCUT2D eigenvalue weighted by Gasteiger charge is -2.36. The third kappa shape index (κ3) is 5.48. The molecule has 5 nitrogen and oxygen atoms in total. The average molecular weight is 503 g/mol. The first-order chi connectivity index (χ1) is 17.0. The molecule has 0 unspecified atom stereocenters. The summed E-state index contributed by atoms with van der Waals surface area (Å²) in [7, 11) is 0. The van der Waals surface area contributed by atoms with Gasteiger partial charge in [0.05, 0.1) is 23.5 Å². The van der Waals surface area contributed by atoms with Gasteiger partial charge in [0, 0.05) is 30.3 Å². The second-order valence-corrected chi connectivity index (χ2v) is 8.50. The molecule has 1 heterocycles. The Morgan fingerprint density at radius 2 is 1.78 bits per heavy atom. The van der Waals surface area contributed by atoms with Gasteiger partial charge in [-0.3, -0.25) is 9.69 Å². The lowest BCUT2D eigenvalue weighted by atomic mass is 10.1. The van der Waals surface area contributed by atoms with Crippen molar-refractivity contribution >= 4 is 23.3 Å². The van der Waals surface area contributed by atoms with Crippen LogP contribution in [-0.2, 0) is 12.7 Å². The second kappa shape index (κ2) is 9.96. The van der Waals surface area contributed by atoms with Crippen LogP contribution in [0, 0.1) is 18.6 Å². The van der Waals surface area contributed by atoms with E-state index in [0.29, 0.717) is 25.2 Å². The average Bonchev–Trinajstić information content (AvgIpc) is 2.82. The van der Waals surface area contributed by atoms with Crippen molar-refractivity contribution < 1.29 is 31.5 Å². The van der Waals surface area contributed by atoms with E-state index < -0.39 is 35.3 Å². The molecule has 1 N–H and O–H groups in total. The Morgan fingerprint density at radius 3 is 2.50 bits per heavy atom. The van der Waals surface area contributed by atoms with Crippen molar-refractivity contribution in [1.82, 2.24) is 4.90 Å². The Morgan fingerprint density at radius 1 is 1.00 bits per heavy atom. The summed E-state index contributed by atoms with van der Waals surface area (Å²) in [6, 6.07) is 11.8. The Kier molecular flexibility index (Phi) is 6.96. The van der Waals surface area contributed by atoms with Crippen molar-refractivity contribution in [2.24, 2.45) is 0 Å². The number of hydrogen-bond acceptors (Lipinski definition) is 2. The summed E-state index contributed by atoms with van der Waals surface area (Å²) in [6.07, 6.45) is -4.05. The summed E-state index contributed by atoms with van der Waals surface area (Å²) < 4.78 is 66.6. The molecule has 0 radical (unpaired) electrons. The van der Waals surface area contributed by atoms with Gasteiger partial charge in [-0.15, -0.1) is 0 Å². The predicted octanol–water partition coefficient (Wildman–Crippen LogP) is 6.38. The van der Waals surface area contributed by atoms with Gasteiger partial charge in [0.1, 0.15) is 11.6 Å². The summed E-state index contributed by atoms with van der Waals surface area (Å²) in [5, 5.41) is 2.62. The number of rotatable bonds is 5. The van der Waals surface area contributed by atoms with Crippen LogP contribution in [0.5, 0.6) is 0 Å². The number of alkyl halides is 3. The topological polar surface area (TPSA) is 52.6 Å². The van der Waals surface area contributed by atoms with Gasteiger partial charge in [0.25, 0.3) is 5.91 Å². The molecule has 3 aromatic carbocycles. The number of carbonyl (C=O) groups is 2. The van der Waals surface area contributed by atoms with E-state index in [1.54, 1.807) is 25.1 Å². The summed E-state index contributed by atoms with van der Waals surface area (Å²) in [4.78, 5) is 28.9. The number of nitrogens with one attached hydrogen (secondary N) is 1. The number of anilines is 2. The zero-order valence-electron chi connectivity index (χ0n) is 19.2. The van der Waals surface area contributed by atoms with Crippen molar-refractivity contribution in [3.8, 4) is 0 Å². The minimum Gasteiger partial charge on any atom is -0.320 e. The highest BCUT2D eigenvalue weighted by molar-refractivity contribution is 6.07. The molecule has 36 heavy (non-hydrogen) atoms. The zero-order valence-corrected chi connectivity index (χ0v) is 19.2. The molecule has 1 saturated heterocycles. The fourth-order valence-corrected chi connectivity index (χ4v) is 4.02. The number of nitrogens with zero attached hydrogens (tertiary/aromatic N) is 2. The van der Waals surface area contributed by atoms with Gasteiger partial charge in [0.15, 0.2) is 0 Å². The van der Waals surface area contributed by atoms with E-state index in [9.17, 15) is 31.5 Å². The number of carbonyl (C=O) groups excluding carboxylic acids is 2. The van der Waals surface area contributed by atoms with Crippen molar-refractivity contribution in [2.75, 3.05) is 23.3 Å². The first kappa shape index (κ1) is 25.2. The van der Waals surface area contributed by atoms with E-state index in [1.807, 2.05) is 0 Å². The molecule has 0 aromatic heterocycles. The molecule has 4 rings (SSSR count). The van der Waals surface area contributed by atoms with Crippen molar-refractivity contribution in [3.63, 3.8) is 0 Å².